The molecule has 0 radical (unpaired) electrons. The van der Waals surface area contributed by atoms with Crippen LogP contribution >= 0.6 is 0 Å². The van der Waals surface area contributed by atoms with E-state index in [1.807, 2.05) is 0 Å². The molecular formula is C10H10O3. The lowest BCUT2D eigenvalue weighted by Gasteiger charge is -2.19. The van der Waals surface area contributed by atoms with Crippen LogP contribution in [0.15, 0.2) is 18.2 Å². The number of carbonyl (C=O) groups is 1. The van der Waals surface area contributed by atoms with Gasteiger partial charge in [0, 0.05) is 12.0 Å². The Morgan fingerprint density at radius 3 is 2.92 bits per heavy atom. The average Bonchev–Trinajstić information content (AvgIpc) is 2.12. The Labute approximate surface area is 75.6 Å². The molecule has 0 fully saturated rings. The van der Waals surface area contributed by atoms with Crippen molar-refractivity contribution in [2.24, 2.45) is 0 Å². The lowest BCUT2D eigenvalue weighted by atomic mass is 9.88. The van der Waals surface area contributed by atoms with Gasteiger partial charge < -0.3 is 10.2 Å². The highest BCUT2D eigenvalue weighted by Crippen LogP contribution is 2.31. The number of hydrogen-bond donors (Lipinski definition) is 2. The van der Waals surface area contributed by atoms with E-state index in [4.69, 9.17) is 5.11 Å². The number of Topliss-reactive ketones (excluding diaryl/α,β-unsaturated/α-hetero) is 1. The van der Waals surface area contributed by atoms with Crippen LogP contribution in [-0.2, 0) is 0 Å². The topological polar surface area (TPSA) is 57.5 Å². The van der Waals surface area contributed by atoms with Gasteiger partial charge in [-0.15, -0.1) is 0 Å². The van der Waals surface area contributed by atoms with Gasteiger partial charge in [-0.1, -0.05) is 0 Å². The average molecular weight is 178 g/mol. The number of rotatable bonds is 0. The largest absolute Gasteiger partial charge is 0.508 e. The van der Waals surface area contributed by atoms with Crippen molar-refractivity contribution in [2.45, 2.75) is 18.9 Å². The fourth-order valence-corrected chi connectivity index (χ4v) is 1.64. The van der Waals surface area contributed by atoms with Crippen molar-refractivity contribution in [1.82, 2.24) is 0 Å². The van der Waals surface area contributed by atoms with Crippen LogP contribution in [0.3, 0.4) is 0 Å². The maximum Gasteiger partial charge on any atom is 0.163 e. The van der Waals surface area contributed by atoms with Crippen molar-refractivity contribution in [3.05, 3.63) is 29.3 Å². The summed E-state index contributed by atoms with van der Waals surface area (Å²) in [5.41, 5.74) is 1.09. The summed E-state index contributed by atoms with van der Waals surface area (Å²) in [6.07, 6.45) is 0.230. The maximum atomic E-state index is 11.3. The number of ketones is 1. The summed E-state index contributed by atoms with van der Waals surface area (Å²) in [6, 6.07) is 4.49. The van der Waals surface area contributed by atoms with Crippen molar-refractivity contribution < 1.29 is 15.0 Å². The first-order valence-corrected chi connectivity index (χ1v) is 4.22. The van der Waals surface area contributed by atoms with Gasteiger partial charge in [-0.3, -0.25) is 4.79 Å². The van der Waals surface area contributed by atoms with Crippen LogP contribution in [-0.4, -0.2) is 16.0 Å². The molecule has 1 aromatic rings. The predicted octanol–water partition coefficient (Wildman–Crippen LogP) is 1.40. The molecular weight excluding hydrogens is 168 g/mol. The van der Waals surface area contributed by atoms with Crippen LogP contribution in [0.5, 0.6) is 5.75 Å². The summed E-state index contributed by atoms with van der Waals surface area (Å²) in [4.78, 5) is 11.3. The van der Waals surface area contributed by atoms with Crippen LogP contribution in [0.4, 0.5) is 0 Å². The van der Waals surface area contributed by atoms with E-state index in [0.717, 1.165) is 0 Å². The number of phenols is 1. The molecule has 1 aromatic carbocycles. The molecule has 0 heterocycles. The van der Waals surface area contributed by atoms with Crippen LogP contribution in [0.1, 0.15) is 34.9 Å². The summed E-state index contributed by atoms with van der Waals surface area (Å²) in [5, 5.41) is 18.7. The summed E-state index contributed by atoms with van der Waals surface area (Å²) in [6.45, 7) is 0. The summed E-state index contributed by atoms with van der Waals surface area (Å²) >= 11 is 0. The highest BCUT2D eigenvalue weighted by atomic mass is 16.3. The highest BCUT2D eigenvalue weighted by molar-refractivity contribution is 5.98. The molecule has 0 unspecified atom stereocenters. The van der Waals surface area contributed by atoms with Gasteiger partial charge >= 0.3 is 0 Å². The van der Waals surface area contributed by atoms with Crippen LogP contribution < -0.4 is 0 Å². The third-order valence-corrected chi connectivity index (χ3v) is 2.34. The van der Waals surface area contributed by atoms with Crippen molar-refractivity contribution in [3.8, 4) is 5.75 Å². The molecule has 3 nitrogen and oxygen atoms in total. The Morgan fingerprint density at radius 1 is 1.38 bits per heavy atom. The summed E-state index contributed by atoms with van der Waals surface area (Å²) < 4.78 is 0. The number of benzene rings is 1. The molecule has 2 N–H and O–H groups in total. The quantitative estimate of drug-likeness (QED) is 0.631. The van der Waals surface area contributed by atoms with E-state index in [-0.39, 0.29) is 11.5 Å². The van der Waals surface area contributed by atoms with Gasteiger partial charge in [0.15, 0.2) is 5.78 Å². The van der Waals surface area contributed by atoms with E-state index >= 15 is 0 Å². The number of aromatic hydroxyl groups is 1. The Balaban J connectivity index is 2.57. The van der Waals surface area contributed by atoms with E-state index in [0.29, 0.717) is 24.0 Å². The maximum absolute atomic E-state index is 11.3. The van der Waals surface area contributed by atoms with E-state index in [1.165, 1.54) is 12.1 Å². The van der Waals surface area contributed by atoms with Gasteiger partial charge in [-0.2, -0.15) is 0 Å². The number of fused-ring (bicyclic) bond motifs is 1. The van der Waals surface area contributed by atoms with Crippen molar-refractivity contribution in [3.63, 3.8) is 0 Å². The molecule has 0 saturated heterocycles. The molecule has 1 aliphatic carbocycles. The Kier molecular flexibility index (Phi) is 1.81. The zero-order valence-electron chi connectivity index (χ0n) is 7.03. The zero-order chi connectivity index (χ0) is 9.42. The number of carbonyl (C=O) groups excluding carboxylic acids is 1. The van der Waals surface area contributed by atoms with E-state index in [2.05, 4.69) is 0 Å². The first kappa shape index (κ1) is 8.26. The first-order chi connectivity index (χ1) is 6.18. The molecule has 1 aliphatic rings. The lowest BCUT2D eigenvalue weighted by Crippen LogP contribution is -2.14. The summed E-state index contributed by atoms with van der Waals surface area (Å²) in [5.74, 6) is 0.132. The van der Waals surface area contributed by atoms with Gasteiger partial charge in [0.1, 0.15) is 5.75 Å². The highest BCUT2D eigenvalue weighted by Gasteiger charge is 2.23. The van der Waals surface area contributed by atoms with Gasteiger partial charge in [0.2, 0.25) is 0 Å². The molecule has 0 aromatic heterocycles. The van der Waals surface area contributed by atoms with Crippen LogP contribution in [0.25, 0.3) is 0 Å². The fraction of sp³-hybridized carbons (Fsp3) is 0.300. The Hall–Kier alpha value is -1.35. The lowest BCUT2D eigenvalue weighted by molar-refractivity contribution is 0.0897. The molecule has 68 valence electrons. The monoisotopic (exact) mass is 178 g/mol. The molecule has 13 heavy (non-hydrogen) atoms. The number of phenolic OH excluding ortho intramolecular Hbond substituents is 1. The van der Waals surface area contributed by atoms with Gasteiger partial charge in [-0.25, -0.2) is 0 Å². The van der Waals surface area contributed by atoms with E-state index in [9.17, 15) is 9.90 Å². The van der Waals surface area contributed by atoms with Crippen LogP contribution in [0.2, 0.25) is 0 Å². The normalized spacial score (nSPS) is 21.3. The number of hydrogen-bond acceptors (Lipinski definition) is 3. The second-order valence-electron chi connectivity index (χ2n) is 3.25. The van der Waals surface area contributed by atoms with Crippen molar-refractivity contribution in [2.75, 3.05) is 0 Å². The molecule has 0 aliphatic heterocycles. The second-order valence-corrected chi connectivity index (χ2v) is 3.25. The molecule has 0 bridgehead atoms. The smallest absolute Gasteiger partial charge is 0.163 e. The first-order valence-electron chi connectivity index (χ1n) is 4.22. The minimum absolute atomic E-state index is 0.0419. The predicted molar refractivity (Wildman–Crippen MR) is 46.6 cm³/mol. The number of aliphatic hydroxyl groups is 1. The van der Waals surface area contributed by atoms with Gasteiger partial charge in [-0.05, 0) is 30.2 Å². The third-order valence-electron chi connectivity index (χ3n) is 2.34. The molecule has 0 amide bonds. The zero-order valence-corrected chi connectivity index (χ0v) is 7.03. The SMILES string of the molecule is O=C1CC[C@@H](O)c2cc(O)ccc21. The second kappa shape index (κ2) is 2.85. The Morgan fingerprint density at radius 2 is 2.15 bits per heavy atom. The standard InChI is InChI=1S/C10H10O3/c11-6-1-2-7-8(5-6)10(13)4-3-9(7)12/h1-2,5,10-11,13H,3-4H2/t10-/m1/s1. The van der Waals surface area contributed by atoms with Crippen molar-refractivity contribution >= 4 is 5.78 Å². The number of aliphatic hydroxyl groups excluding tert-OH is 1. The van der Waals surface area contributed by atoms with Crippen LogP contribution in [0, 0.1) is 0 Å². The fourth-order valence-electron chi connectivity index (χ4n) is 1.64. The molecule has 2 rings (SSSR count). The van der Waals surface area contributed by atoms with E-state index < -0.39 is 6.10 Å². The third kappa shape index (κ3) is 1.31. The molecule has 0 spiro atoms. The summed E-state index contributed by atoms with van der Waals surface area (Å²) in [7, 11) is 0. The molecule has 1 atom stereocenters. The minimum atomic E-state index is -0.611. The van der Waals surface area contributed by atoms with Gasteiger partial charge in [0.25, 0.3) is 0 Å². The Bertz CT molecular complexity index is 357. The molecule has 3 heteroatoms. The minimum Gasteiger partial charge on any atom is -0.508 e. The molecule has 0 saturated carbocycles. The van der Waals surface area contributed by atoms with E-state index in [1.54, 1.807) is 6.07 Å². The van der Waals surface area contributed by atoms with Gasteiger partial charge in [0.05, 0.1) is 6.10 Å². The van der Waals surface area contributed by atoms with Crippen molar-refractivity contribution in [1.29, 1.82) is 0 Å².